The molecular formula is C12H16N2O4. The molecule has 1 aliphatic heterocycles. The quantitative estimate of drug-likeness (QED) is 0.614. The molecule has 1 amide bonds. The average Bonchev–Trinajstić information content (AvgIpc) is 2.68. The summed E-state index contributed by atoms with van der Waals surface area (Å²) in [4.78, 5) is 13.5. The summed E-state index contributed by atoms with van der Waals surface area (Å²) < 4.78 is 5.04. The number of aliphatic hydroxyl groups is 2. The average molecular weight is 252 g/mol. The number of hydrogen-bond donors (Lipinski definition) is 3. The van der Waals surface area contributed by atoms with E-state index in [4.69, 9.17) is 10.5 Å². The highest BCUT2D eigenvalue weighted by atomic mass is 16.5. The second-order valence-electron chi connectivity index (χ2n) is 4.34. The number of β-amino-alcohol motifs (C(OH)–C–C–N with tert-alkyl or cyclic N) is 2. The van der Waals surface area contributed by atoms with Crippen molar-refractivity contribution in [2.45, 2.75) is 12.2 Å². The van der Waals surface area contributed by atoms with Crippen molar-refractivity contribution in [1.82, 2.24) is 4.90 Å². The Morgan fingerprint density at radius 2 is 1.94 bits per heavy atom. The molecule has 98 valence electrons. The zero-order valence-corrected chi connectivity index (χ0v) is 10.0. The van der Waals surface area contributed by atoms with E-state index in [2.05, 4.69) is 0 Å². The molecule has 1 heterocycles. The first-order valence-electron chi connectivity index (χ1n) is 5.61. The van der Waals surface area contributed by atoms with E-state index in [0.717, 1.165) is 0 Å². The second kappa shape index (κ2) is 4.83. The summed E-state index contributed by atoms with van der Waals surface area (Å²) in [6.45, 7) is 0.244. The predicted octanol–water partition coefficient (Wildman–Crippen LogP) is -0.545. The topological polar surface area (TPSA) is 96.0 Å². The Balaban J connectivity index is 2.21. The highest BCUT2D eigenvalue weighted by molar-refractivity contribution is 5.95. The van der Waals surface area contributed by atoms with Crippen LogP contribution in [0.15, 0.2) is 18.2 Å². The lowest BCUT2D eigenvalue weighted by Crippen LogP contribution is -2.29. The minimum atomic E-state index is -0.892. The Kier molecular flexibility index (Phi) is 3.40. The van der Waals surface area contributed by atoms with Gasteiger partial charge in [0, 0.05) is 30.4 Å². The monoisotopic (exact) mass is 252 g/mol. The van der Waals surface area contributed by atoms with Crippen LogP contribution in [-0.2, 0) is 0 Å². The molecule has 1 saturated heterocycles. The number of nitrogens with two attached hydrogens (primary N) is 1. The molecule has 2 atom stereocenters. The fourth-order valence-electron chi connectivity index (χ4n) is 1.98. The van der Waals surface area contributed by atoms with Gasteiger partial charge >= 0.3 is 0 Å². The maximum atomic E-state index is 12.2. The first-order chi connectivity index (χ1) is 8.51. The number of rotatable bonds is 2. The molecular weight excluding hydrogens is 236 g/mol. The molecule has 2 rings (SSSR count). The zero-order chi connectivity index (χ0) is 13.3. The van der Waals surface area contributed by atoms with Crippen molar-refractivity contribution in [2.24, 2.45) is 0 Å². The maximum Gasteiger partial charge on any atom is 0.254 e. The number of nitrogen functional groups attached to an aromatic ring is 1. The van der Waals surface area contributed by atoms with Gasteiger partial charge in [-0.1, -0.05) is 0 Å². The number of carbonyl (C=O) groups is 1. The number of nitrogens with zero attached hydrogens (tertiary/aromatic N) is 1. The van der Waals surface area contributed by atoms with Gasteiger partial charge in [0.1, 0.15) is 5.75 Å². The number of benzene rings is 1. The lowest BCUT2D eigenvalue weighted by atomic mass is 10.1. The largest absolute Gasteiger partial charge is 0.497 e. The van der Waals surface area contributed by atoms with Crippen molar-refractivity contribution in [2.75, 3.05) is 25.9 Å². The van der Waals surface area contributed by atoms with Crippen LogP contribution in [-0.4, -0.2) is 53.4 Å². The first-order valence-corrected chi connectivity index (χ1v) is 5.61. The summed E-state index contributed by atoms with van der Waals surface area (Å²) in [7, 11) is 1.49. The van der Waals surface area contributed by atoms with Crippen LogP contribution in [0, 0.1) is 0 Å². The highest BCUT2D eigenvalue weighted by Gasteiger charge is 2.33. The van der Waals surface area contributed by atoms with E-state index in [1.807, 2.05) is 0 Å². The van der Waals surface area contributed by atoms with Gasteiger partial charge in [-0.25, -0.2) is 0 Å². The standard InChI is InChI=1S/C12H16N2O4/c1-18-9-3-7(2-8(13)4-9)12(17)14-5-10(15)11(16)6-14/h2-4,10-11,15-16H,5-6,13H2,1H3. The van der Waals surface area contributed by atoms with Crippen molar-refractivity contribution in [3.63, 3.8) is 0 Å². The van der Waals surface area contributed by atoms with Crippen LogP contribution in [0.1, 0.15) is 10.4 Å². The smallest absolute Gasteiger partial charge is 0.254 e. The van der Waals surface area contributed by atoms with Crippen molar-refractivity contribution in [3.8, 4) is 5.75 Å². The van der Waals surface area contributed by atoms with E-state index < -0.39 is 12.2 Å². The number of aliphatic hydroxyl groups excluding tert-OH is 2. The van der Waals surface area contributed by atoms with Gasteiger partial charge in [0.15, 0.2) is 0 Å². The van der Waals surface area contributed by atoms with Crippen LogP contribution in [0.3, 0.4) is 0 Å². The third-order valence-corrected chi connectivity index (χ3v) is 2.96. The Morgan fingerprint density at radius 1 is 1.33 bits per heavy atom. The number of methoxy groups -OCH3 is 1. The number of amides is 1. The number of carbonyl (C=O) groups excluding carboxylic acids is 1. The van der Waals surface area contributed by atoms with E-state index in [-0.39, 0.29) is 19.0 Å². The fraction of sp³-hybridized carbons (Fsp3) is 0.417. The van der Waals surface area contributed by atoms with Gasteiger partial charge in [-0.3, -0.25) is 4.79 Å². The van der Waals surface area contributed by atoms with Gasteiger partial charge in [-0.2, -0.15) is 0 Å². The molecule has 0 aromatic heterocycles. The molecule has 0 aliphatic carbocycles. The molecule has 0 radical (unpaired) electrons. The predicted molar refractivity (Wildman–Crippen MR) is 65.3 cm³/mol. The number of hydrogen-bond acceptors (Lipinski definition) is 5. The van der Waals surface area contributed by atoms with E-state index in [1.165, 1.54) is 12.0 Å². The SMILES string of the molecule is COc1cc(N)cc(C(=O)N2CC(O)C(O)C2)c1. The third kappa shape index (κ3) is 2.39. The fourth-order valence-corrected chi connectivity index (χ4v) is 1.98. The molecule has 1 aromatic carbocycles. The number of ether oxygens (including phenoxy) is 1. The van der Waals surface area contributed by atoms with E-state index in [0.29, 0.717) is 17.0 Å². The van der Waals surface area contributed by atoms with Crippen LogP contribution < -0.4 is 10.5 Å². The van der Waals surface area contributed by atoms with Crippen LogP contribution >= 0.6 is 0 Å². The minimum absolute atomic E-state index is 0.122. The highest BCUT2D eigenvalue weighted by Crippen LogP contribution is 2.21. The Hall–Kier alpha value is -1.79. The summed E-state index contributed by atoms with van der Waals surface area (Å²) in [6, 6.07) is 4.74. The van der Waals surface area contributed by atoms with Crippen LogP contribution in [0.5, 0.6) is 5.75 Å². The molecule has 1 fully saturated rings. The van der Waals surface area contributed by atoms with E-state index >= 15 is 0 Å². The molecule has 1 aliphatic rings. The van der Waals surface area contributed by atoms with Gasteiger partial charge in [-0.15, -0.1) is 0 Å². The van der Waals surface area contributed by atoms with Crippen molar-refractivity contribution in [1.29, 1.82) is 0 Å². The summed E-state index contributed by atoms with van der Waals surface area (Å²) in [5, 5.41) is 18.9. The van der Waals surface area contributed by atoms with Crippen LogP contribution in [0.25, 0.3) is 0 Å². The summed E-state index contributed by atoms with van der Waals surface area (Å²) in [5.41, 5.74) is 6.49. The molecule has 4 N–H and O–H groups in total. The Labute approximate surface area is 105 Å². The molecule has 0 saturated carbocycles. The molecule has 18 heavy (non-hydrogen) atoms. The second-order valence-corrected chi connectivity index (χ2v) is 4.34. The third-order valence-electron chi connectivity index (χ3n) is 2.96. The maximum absolute atomic E-state index is 12.2. The van der Waals surface area contributed by atoms with Crippen LogP contribution in [0.2, 0.25) is 0 Å². The molecule has 6 nitrogen and oxygen atoms in total. The number of likely N-dealkylation sites (tertiary alicyclic amines) is 1. The van der Waals surface area contributed by atoms with Crippen molar-refractivity contribution >= 4 is 11.6 Å². The van der Waals surface area contributed by atoms with Crippen molar-refractivity contribution < 1.29 is 19.7 Å². The number of anilines is 1. The van der Waals surface area contributed by atoms with Gasteiger partial charge in [0.05, 0.1) is 19.3 Å². The minimum Gasteiger partial charge on any atom is -0.497 e. The van der Waals surface area contributed by atoms with Gasteiger partial charge in [-0.05, 0) is 12.1 Å². The molecule has 0 spiro atoms. The summed E-state index contributed by atoms with van der Waals surface area (Å²) in [5.74, 6) is 0.217. The molecule has 1 aromatic rings. The Bertz CT molecular complexity index is 453. The molecule has 0 bridgehead atoms. The van der Waals surface area contributed by atoms with Gasteiger partial charge < -0.3 is 25.6 Å². The first kappa shape index (κ1) is 12.7. The molecule has 2 unspecified atom stereocenters. The molecule has 6 heteroatoms. The van der Waals surface area contributed by atoms with Gasteiger partial charge in [0.2, 0.25) is 0 Å². The lowest BCUT2D eigenvalue weighted by Gasteiger charge is -2.16. The normalized spacial score (nSPS) is 23.2. The lowest BCUT2D eigenvalue weighted by molar-refractivity contribution is 0.0572. The zero-order valence-electron chi connectivity index (χ0n) is 10.0. The van der Waals surface area contributed by atoms with E-state index in [1.54, 1.807) is 18.2 Å². The van der Waals surface area contributed by atoms with Crippen molar-refractivity contribution in [3.05, 3.63) is 23.8 Å². The summed E-state index contributed by atoms with van der Waals surface area (Å²) >= 11 is 0. The van der Waals surface area contributed by atoms with Crippen LogP contribution in [0.4, 0.5) is 5.69 Å². The van der Waals surface area contributed by atoms with E-state index in [9.17, 15) is 15.0 Å². The summed E-state index contributed by atoms with van der Waals surface area (Å²) in [6.07, 6.45) is -1.78. The Morgan fingerprint density at radius 3 is 2.50 bits per heavy atom. The van der Waals surface area contributed by atoms with Gasteiger partial charge in [0.25, 0.3) is 5.91 Å².